The molecule has 0 saturated carbocycles. The minimum atomic E-state index is 0.302. The van der Waals surface area contributed by atoms with Gasteiger partial charge in [-0.3, -0.25) is 0 Å². The summed E-state index contributed by atoms with van der Waals surface area (Å²) >= 11 is 1.70. The van der Waals surface area contributed by atoms with Crippen molar-refractivity contribution in [1.29, 1.82) is 0 Å². The normalized spacial score (nSPS) is 10.8. The van der Waals surface area contributed by atoms with Gasteiger partial charge < -0.3 is 10.6 Å². The Labute approximate surface area is 123 Å². The summed E-state index contributed by atoms with van der Waals surface area (Å²) < 4.78 is 0. The summed E-state index contributed by atoms with van der Waals surface area (Å²) in [5.41, 5.74) is 0. The van der Waals surface area contributed by atoms with E-state index in [-0.39, 0.29) is 0 Å². The molecule has 0 aliphatic carbocycles. The second-order valence-corrected chi connectivity index (χ2v) is 6.22. The molecule has 2 aromatic rings. The van der Waals surface area contributed by atoms with Crippen LogP contribution in [0.3, 0.4) is 0 Å². The second-order valence-electron chi connectivity index (χ2n) is 4.90. The van der Waals surface area contributed by atoms with Crippen LogP contribution in [0.25, 0.3) is 0 Å². The van der Waals surface area contributed by atoms with Crippen molar-refractivity contribution >= 4 is 23.0 Å². The minimum absolute atomic E-state index is 0.302. The van der Waals surface area contributed by atoms with Crippen LogP contribution in [0, 0.1) is 6.92 Å². The fourth-order valence-corrected chi connectivity index (χ4v) is 2.46. The molecule has 2 N–H and O–H groups in total. The van der Waals surface area contributed by atoms with Crippen LogP contribution >= 0.6 is 11.3 Å². The first-order valence-corrected chi connectivity index (χ1v) is 7.68. The Hall–Kier alpha value is -1.69. The highest BCUT2D eigenvalue weighted by Gasteiger charge is 2.08. The highest BCUT2D eigenvalue weighted by molar-refractivity contribution is 7.11. The molecule has 0 unspecified atom stereocenters. The van der Waals surface area contributed by atoms with E-state index in [0.717, 1.165) is 29.0 Å². The standard InChI is InChI=1S/C14H21N5S/c1-5-15-11-6-12(19-14(18-11)9(2)3)16-8-13-17-7-10(4)20-13/h6-7,9H,5,8H2,1-4H3,(H2,15,16,18,19). The van der Waals surface area contributed by atoms with Gasteiger partial charge in [0.2, 0.25) is 0 Å². The zero-order valence-electron chi connectivity index (χ0n) is 12.4. The van der Waals surface area contributed by atoms with Crippen molar-refractivity contribution in [1.82, 2.24) is 15.0 Å². The lowest BCUT2D eigenvalue weighted by atomic mass is 10.2. The molecule has 0 fully saturated rings. The maximum atomic E-state index is 4.55. The van der Waals surface area contributed by atoms with Crippen LogP contribution in [-0.2, 0) is 6.54 Å². The smallest absolute Gasteiger partial charge is 0.135 e. The van der Waals surface area contributed by atoms with Crippen molar-refractivity contribution in [2.45, 2.75) is 40.2 Å². The topological polar surface area (TPSA) is 62.7 Å². The number of thiazole rings is 1. The van der Waals surface area contributed by atoms with E-state index in [4.69, 9.17) is 0 Å². The Morgan fingerprint density at radius 3 is 2.45 bits per heavy atom. The number of aryl methyl sites for hydroxylation is 1. The van der Waals surface area contributed by atoms with Gasteiger partial charge in [0.1, 0.15) is 22.5 Å². The van der Waals surface area contributed by atoms with E-state index in [1.165, 1.54) is 4.88 Å². The van der Waals surface area contributed by atoms with E-state index in [2.05, 4.69) is 53.3 Å². The van der Waals surface area contributed by atoms with Gasteiger partial charge in [0.05, 0.1) is 6.54 Å². The Kier molecular flexibility index (Phi) is 4.89. The molecule has 0 saturated heterocycles. The van der Waals surface area contributed by atoms with Crippen LogP contribution in [0.5, 0.6) is 0 Å². The lowest BCUT2D eigenvalue weighted by molar-refractivity contribution is 0.775. The number of rotatable bonds is 6. The number of hydrogen-bond acceptors (Lipinski definition) is 6. The molecule has 6 heteroatoms. The van der Waals surface area contributed by atoms with Crippen LogP contribution in [0.2, 0.25) is 0 Å². The van der Waals surface area contributed by atoms with E-state index in [1.54, 1.807) is 11.3 Å². The maximum Gasteiger partial charge on any atom is 0.135 e. The van der Waals surface area contributed by atoms with Gasteiger partial charge in [-0.15, -0.1) is 11.3 Å². The quantitative estimate of drug-likeness (QED) is 0.854. The van der Waals surface area contributed by atoms with Gasteiger partial charge in [-0.1, -0.05) is 13.8 Å². The van der Waals surface area contributed by atoms with Gasteiger partial charge >= 0.3 is 0 Å². The highest BCUT2D eigenvalue weighted by Crippen LogP contribution is 2.18. The molecule has 0 amide bonds. The van der Waals surface area contributed by atoms with Gasteiger partial charge in [0, 0.05) is 29.6 Å². The number of hydrogen-bond donors (Lipinski definition) is 2. The predicted molar refractivity (Wildman–Crippen MR) is 84.5 cm³/mol. The predicted octanol–water partition coefficient (Wildman–Crippen LogP) is 3.41. The average Bonchev–Trinajstić information content (AvgIpc) is 2.82. The zero-order valence-corrected chi connectivity index (χ0v) is 13.2. The Bertz CT molecular complexity index is 564. The molecule has 0 aromatic carbocycles. The zero-order chi connectivity index (χ0) is 14.5. The fourth-order valence-electron chi connectivity index (χ4n) is 1.74. The number of anilines is 2. The lowest BCUT2D eigenvalue weighted by Gasteiger charge is -2.11. The third kappa shape index (κ3) is 3.90. The van der Waals surface area contributed by atoms with Gasteiger partial charge in [0.15, 0.2) is 0 Å². The first-order valence-electron chi connectivity index (χ1n) is 6.86. The van der Waals surface area contributed by atoms with Crippen LogP contribution < -0.4 is 10.6 Å². The van der Waals surface area contributed by atoms with E-state index in [9.17, 15) is 0 Å². The van der Waals surface area contributed by atoms with Gasteiger partial charge in [-0.2, -0.15) is 0 Å². The van der Waals surface area contributed by atoms with Gasteiger partial charge in [0.25, 0.3) is 0 Å². The van der Waals surface area contributed by atoms with Crippen molar-refractivity contribution < 1.29 is 0 Å². The van der Waals surface area contributed by atoms with Crippen molar-refractivity contribution in [3.63, 3.8) is 0 Å². The van der Waals surface area contributed by atoms with E-state index in [1.807, 2.05) is 12.3 Å². The minimum Gasteiger partial charge on any atom is -0.370 e. The van der Waals surface area contributed by atoms with E-state index >= 15 is 0 Å². The maximum absolute atomic E-state index is 4.55. The van der Waals surface area contributed by atoms with Crippen LogP contribution in [0.15, 0.2) is 12.3 Å². The second kappa shape index (κ2) is 6.65. The van der Waals surface area contributed by atoms with Crippen LogP contribution in [-0.4, -0.2) is 21.5 Å². The van der Waals surface area contributed by atoms with Gasteiger partial charge in [-0.25, -0.2) is 15.0 Å². The summed E-state index contributed by atoms with van der Waals surface area (Å²) in [6.07, 6.45) is 1.89. The number of nitrogens with zero attached hydrogens (tertiary/aromatic N) is 3. The first-order chi connectivity index (χ1) is 9.58. The van der Waals surface area contributed by atoms with Crippen molar-refractivity contribution in [3.8, 4) is 0 Å². The molecule has 0 radical (unpaired) electrons. The molecule has 20 heavy (non-hydrogen) atoms. The molecular weight excluding hydrogens is 270 g/mol. The summed E-state index contributed by atoms with van der Waals surface area (Å²) in [5.74, 6) is 2.86. The molecule has 0 aliphatic heterocycles. The first kappa shape index (κ1) is 14.7. The lowest BCUT2D eigenvalue weighted by Crippen LogP contribution is -2.09. The molecule has 108 valence electrons. The molecule has 5 nitrogen and oxygen atoms in total. The molecule has 2 heterocycles. The molecular formula is C14H21N5S. The number of nitrogens with one attached hydrogen (secondary N) is 2. The van der Waals surface area contributed by atoms with Crippen molar-refractivity contribution in [2.75, 3.05) is 17.2 Å². The summed E-state index contributed by atoms with van der Waals surface area (Å²) in [6.45, 7) is 9.85. The monoisotopic (exact) mass is 291 g/mol. The summed E-state index contributed by atoms with van der Waals surface area (Å²) in [4.78, 5) is 14.6. The molecule has 0 bridgehead atoms. The SMILES string of the molecule is CCNc1cc(NCc2ncc(C)s2)nc(C(C)C)n1. The number of aromatic nitrogens is 3. The molecule has 0 spiro atoms. The fraction of sp³-hybridized carbons (Fsp3) is 0.500. The average molecular weight is 291 g/mol. The molecule has 2 aromatic heterocycles. The summed E-state index contributed by atoms with van der Waals surface area (Å²) in [6, 6.07) is 1.94. The van der Waals surface area contributed by atoms with Crippen LogP contribution in [0.1, 0.15) is 42.4 Å². The molecule has 0 aliphatic rings. The van der Waals surface area contributed by atoms with Gasteiger partial charge in [-0.05, 0) is 13.8 Å². The third-order valence-corrected chi connectivity index (χ3v) is 3.62. The highest BCUT2D eigenvalue weighted by atomic mass is 32.1. The van der Waals surface area contributed by atoms with E-state index < -0.39 is 0 Å². The largest absolute Gasteiger partial charge is 0.370 e. The van der Waals surface area contributed by atoms with Crippen molar-refractivity contribution in [3.05, 3.63) is 28.0 Å². The summed E-state index contributed by atoms with van der Waals surface area (Å²) in [7, 11) is 0. The molecule has 0 atom stereocenters. The van der Waals surface area contributed by atoms with Crippen molar-refractivity contribution in [2.24, 2.45) is 0 Å². The third-order valence-electron chi connectivity index (χ3n) is 2.71. The van der Waals surface area contributed by atoms with E-state index in [0.29, 0.717) is 12.5 Å². The molecule has 2 rings (SSSR count). The Balaban J connectivity index is 2.13. The Morgan fingerprint density at radius 2 is 1.90 bits per heavy atom. The van der Waals surface area contributed by atoms with Crippen LogP contribution in [0.4, 0.5) is 11.6 Å². The summed E-state index contributed by atoms with van der Waals surface area (Å²) in [5, 5.41) is 7.63. The Morgan fingerprint density at radius 1 is 1.20 bits per heavy atom.